The fourth-order valence-electron chi connectivity index (χ4n) is 2.54. The van der Waals surface area contributed by atoms with Crippen molar-refractivity contribution < 1.29 is 8.78 Å². The first-order valence-electron chi connectivity index (χ1n) is 6.34. The van der Waals surface area contributed by atoms with Crippen molar-refractivity contribution in [2.45, 2.75) is 26.3 Å². The second-order valence-corrected chi connectivity index (χ2v) is 5.58. The van der Waals surface area contributed by atoms with Gasteiger partial charge < -0.3 is 5.73 Å². The maximum Gasteiger partial charge on any atom is 0.159 e. The Morgan fingerprint density at radius 1 is 1.37 bits per heavy atom. The molecule has 0 radical (unpaired) electrons. The van der Waals surface area contributed by atoms with Gasteiger partial charge in [-0.25, -0.2) is 8.78 Å². The maximum atomic E-state index is 13.2. The van der Waals surface area contributed by atoms with E-state index in [1.54, 1.807) is 6.07 Å². The normalized spacial score (nSPS) is 25.1. The fourth-order valence-corrected chi connectivity index (χ4v) is 2.54. The van der Waals surface area contributed by atoms with Crippen molar-refractivity contribution in [3.05, 3.63) is 35.4 Å². The first kappa shape index (κ1) is 16.3. The van der Waals surface area contributed by atoms with Crippen LogP contribution in [-0.4, -0.2) is 24.5 Å². The van der Waals surface area contributed by atoms with Crippen LogP contribution in [0.4, 0.5) is 8.78 Å². The summed E-state index contributed by atoms with van der Waals surface area (Å²) in [4.78, 5) is 2.28. The Morgan fingerprint density at radius 2 is 2.05 bits per heavy atom. The van der Waals surface area contributed by atoms with Gasteiger partial charge in [0.15, 0.2) is 11.6 Å². The van der Waals surface area contributed by atoms with Gasteiger partial charge in [0, 0.05) is 12.6 Å². The Bertz CT molecular complexity index is 441. The summed E-state index contributed by atoms with van der Waals surface area (Å²) in [6, 6.07) is 4.23. The number of halogens is 3. The summed E-state index contributed by atoms with van der Waals surface area (Å²) in [7, 11) is 0. The molecule has 0 bridgehead atoms. The number of benzene rings is 1. The molecule has 1 aliphatic heterocycles. The van der Waals surface area contributed by atoms with E-state index in [4.69, 9.17) is 5.73 Å². The molecule has 2 atom stereocenters. The van der Waals surface area contributed by atoms with Crippen LogP contribution in [0.1, 0.15) is 31.9 Å². The number of nitrogens with zero attached hydrogens (tertiary/aromatic N) is 1. The molecule has 1 saturated heterocycles. The van der Waals surface area contributed by atoms with Crippen LogP contribution in [0.25, 0.3) is 0 Å². The van der Waals surface area contributed by atoms with E-state index in [1.165, 1.54) is 12.1 Å². The van der Waals surface area contributed by atoms with Gasteiger partial charge in [0.25, 0.3) is 0 Å². The van der Waals surface area contributed by atoms with E-state index in [0.29, 0.717) is 6.54 Å². The van der Waals surface area contributed by atoms with Crippen molar-refractivity contribution in [1.82, 2.24) is 4.90 Å². The first-order chi connectivity index (χ1) is 8.45. The van der Waals surface area contributed by atoms with E-state index in [1.807, 2.05) is 6.92 Å². The quantitative estimate of drug-likeness (QED) is 0.927. The van der Waals surface area contributed by atoms with Crippen molar-refractivity contribution in [1.29, 1.82) is 0 Å². The van der Waals surface area contributed by atoms with Gasteiger partial charge in [0.2, 0.25) is 0 Å². The van der Waals surface area contributed by atoms with Gasteiger partial charge in [-0.1, -0.05) is 13.0 Å². The van der Waals surface area contributed by atoms with Gasteiger partial charge in [0.1, 0.15) is 0 Å². The average molecular weight is 291 g/mol. The summed E-state index contributed by atoms with van der Waals surface area (Å²) in [6.45, 7) is 6.71. The molecule has 0 amide bonds. The molecule has 108 valence electrons. The highest BCUT2D eigenvalue weighted by Gasteiger charge is 2.34. The summed E-state index contributed by atoms with van der Waals surface area (Å²) >= 11 is 0. The summed E-state index contributed by atoms with van der Waals surface area (Å²) in [5.74, 6) is -1.57. The van der Waals surface area contributed by atoms with Gasteiger partial charge >= 0.3 is 0 Å². The van der Waals surface area contributed by atoms with Crippen LogP contribution in [-0.2, 0) is 0 Å². The molecule has 2 unspecified atom stereocenters. The first-order valence-corrected chi connectivity index (χ1v) is 6.34. The second-order valence-electron chi connectivity index (χ2n) is 5.58. The highest BCUT2D eigenvalue weighted by Crippen LogP contribution is 2.34. The molecule has 1 fully saturated rings. The van der Waals surface area contributed by atoms with E-state index in [9.17, 15) is 8.78 Å². The highest BCUT2D eigenvalue weighted by molar-refractivity contribution is 5.85. The van der Waals surface area contributed by atoms with Crippen LogP contribution in [0.2, 0.25) is 0 Å². The lowest BCUT2D eigenvalue weighted by Gasteiger charge is -2.27. The number of hydrogen-bond donors (Lipinski definition) is 1. The third kappa shape index (κ3) is 3.44. The minimum absolute atomic E-state index is 0. The predicted molar refractivity (Wildman–Crippen MR) is 75.4 cm³/mol. The predicted octanol–water partition coefficient (Wildman–Crippen LogP) is 3.12. The summed E-state index contributed by atoms with van der Waals surface area (Å²) < 4.78 is 26.1. The van der Waals surface area contributed by atoms with Crippen LogP contribution >= 0.6 is 12.4 Å². The SMILES string of the molecule is CC(c1ccc(F)c(F)c1)N1CCC(C)(CN)C1.Cl. The van der Waals surface area contributed by atoms with Crippen LogP contribution in [0.3, 0.4) is 0 Å². The lowest BCUT2D eigenvalue weighted by atomic mass is 9.90. The monoisotopic (exact) mass is 290 g/mol. The Balaban J connectivity index is 0.00000180. The van der Waals surface area contributed by atoms with Crippen LogP contribution in [0, 0.1) is 17.0 Å². The standard InChI is InChI=1S/C14H20F2N2.ClH/c1-10(11-3-4-12(15)13(16)7-11)18-6-5-14(2,8-17)9-18;/h3-4,7,10H,5-6,8-9,17H2,1-2H3;1H. The Kier molecular flexibility index (Phi) is 5.30. The zero-order chi connectivity index (χ0) is 13.3. The van der Waals surface area contributed by atoms with E-state index in [0.717, 1.165) is 25.1 Å². The average Bonchev–Trinajstić information content (AvgIpc) is 2.75. The van der Waals surface area contributed by atoms with Gasteiger partial charge in [-0.05, 0) is 49.5 Å². The zero-order valence-electron chi connectivity index (χ0n) is 11.3. The summed E-state index contributed by atoms with van der Waals surface area (Å²) in [5, 5.41) is 0. The Labute approximate surface area is 119 Å². The molecule has 0 aliphatic carbocycles. The molecular weight excluding hydrogens is 270 g/mol. The minimum atomic E-state index is -0.792. The third-order valence-electron chi connectivity index (χ3n) is 4.05. The van der Waals surface area contributed by atoms with Gasteiger partial charge in [0.05, 0.1) is 0 Å². The number of rotatable bonds is 3. The van der Waals surface area contributed by atoms with Gasteiger partial charge in [-0.15, -0.1) is 12.4 Å². The lowest BCUT2D eigenvalue weighted by Crippen LogP contribution is -2.32. The number of nitrogens with two attached hydrogens (primary N) is 1. The van der Waals surface area contributed by atoms with Gasteiger partial charge in [-0.3, -0.25) is 4.90 Å². The molecular formula is C14H21ClF2N2. The molecule has 1 aromatic rings. The molecule has 2 nitrogen and oxygen atoms in total. The molecule has 0 saturated carbocycles. The molecule has 1 heterocycles. The number of likely N-dealkylation sites (tertiary alicyclic amines) is 1. The van der Waals surface area contributed by atoms with E-state index in [-0.39, 0.29) is 23.9 Å². The van der Waals surface area contributed by atoms with E-state index in [2.05, 4.69) is 11.8 Å². The zero-order valence-corrected chi connectivity index (χ0v) is 12.1. The Morgan fingerprint density at radius 3 is 2.58 bits per heavy atom. The maximum absolute atomic E-state index is 13.2. The summed E-state index contributed by atoms with van der Waals surface area (Å²) in [5.41, 5.74) is 6.74. The van der Waals surface area contributed by atoms with Crippen molar-refractivity contribution in [3.63, 3.8) is 0 Å². The van der Waals surface area contributed by atoms with Crippen molar-refractivity contribution in [2.24, 2.45) is 11.1 Å². The second kappa shape index (κ2) is 6.16. The molecule has 1 aromatic carbocycles. The lowest BCUT2D eigenvalue weighted by molar-refractivity contribution is 0.226. The molecule has 0 spiro atoms. The smallest absolute Gasteiger partial charge is 0.159 e. The minimum Gasteiger partial charge on any atom is -0.330 e. The topological polar surface area (TPSA) is 29.3 Å². The Hall–Kier alpha value is -0.710. The van der Waals surface area contributed by atoms with E-state index >= 15 is 0 Å². The molecule has 1 aliphatic rings. The molecule has 0 aromatic heterocycles. The fraction of sp³-hybridized carbons (Fsp3) is 0.571. The van der Waals surface area contributed by atoms with Crippen molar-refractivity contribution >= 4 is 12.4 Å². The largest absolute Gasteiger partial charge is 0.330 e. The van der Waals surface area contributed by atoms with E-state index < -0.39 is 11.6 Å². The van der Waals surface area contributed by atoms with Crippen molar-refractivity contribution in [2.75, 3.05) is 19.6 Å². The van der Waals surface area contributed by atoms with Gasteiger partial charge in [-0.2, -0.15) is 0 Å². The highest BCUT2D eigenvalue weighted by atomic mass is 35.5. The van der Waals surface area contributed by atoms with Crippen LogP contribution in [0.5, 0.6) is 0 Å². The molecule has 2 rings (SSSR count). The van der Waals surface area contributed by atoms with Crippen LogP contribution in [0.15, 0.2) is 18.2 Å². The van der Waals surface area contributed by atoms with Crippen molar-refractivity contribution in [3.8, 4) is 0 Å². The summed E-state index contributed by atoms with van der Waals surface area (Å²) in [6.07, 6.45) is 1.05. The third-order valence-corrected chi connectivity index (χ3v) is 4.05. The molecule has 2 N–H and O–H groups in total. The molecule has 19 heavy (non-hydrogen) atoms. The number of hydrogen-bond acceptors (Lipinski definition) is 2. The van der Waals surface area contributed by atoms with Crippen LogP contribution < -0.4 is 5.73 Å². The molecule has 5 heteroatoms.